The molecule has 4 nitrogen and oxygen atoms in total. The van der Waals surface area contributed by atoms with Crippen molar-refractivity contribution in [1.82, 2.24) is 10.2 Å². The summed E-state index contributed by atoms with van der Waals surface area (Å²) in [5, 5.41) is 3.45. The Bertz CT molecular complexity index is 496. The van der Waals surface area contributed by atoms with Crippen LogP contribution in [-0.2, 0) is 0 Å². The number of nitrogens with one attached hydrogen (secondary N) is 1. The SMILES string of the molecule is CN(C)C1(CNC(=O)c2ccc(N)c(Cl)c2)CCCC1. The number of hydrogen-bond acceptors (Lipinski definition) is 3. The minimum Gasteiger partial charge on any atom is -0.398 e. The largest absolute Gasteiger partial charge is 0.398 e. The molecule has 1 aliphatic carbocycles. The van der Waals surface area contributed by atoms with Gasteiger partial charge in [-0.15, -0.1) is 0 Å². The summed E-state index contributed by atoms with van der Waals surface area (Å²) >= 11 is 5.95. The highest BCUT2D eigenvalue weighted by molar-refractivity contribution is 6.33. The molecule has 0 aromatic heterocycles. The van der Waals surface area contributed by atoms with Gasteiger partial charge in [0.05, 0.1) is 10.7 Å². The van der Waals surface area contributed by atoms with Crippen molar-refractivity contribution >= 4 is 23.2 Å². The van der Waals surface area contributed by atoms with Crippen LogP contribution in [0, 0.1) is 0 Å². The number of amides is 1. The Morgan fingerprint density at radius 1 is 1.40 bits per heavy atom. The van der Waals surface area contributed by atoms with E-state index in [2.05, 4.69) is 24.3 Å². The van der Waals surface area contributed by atoms with E-state index < -0.39 is 0 Å². The van der Waals surface area contributed by atoms with E-state index in [1.165, 1.54) is 12.8 Å². The standard InChI is InChI=1S/C15H22ClN3O/c1-19(2)15(7-3-4-8-15)10-18-14(20)11-5-6-13(17)12(16)9-11/h5-6,9H,3-4,7-8,10,17H2,1-2H3,(H,18,20). The molecule has 0 radical (unpaired) electrons. The molecule has 2 rings (SSSR count). The maximum Gasteiger partial charge on any atom is 0.251 e. The molecule has 0 saturated heterocycles. The van der Waals surface area contributed by atoms with Gasteiger partial charge in [0, 0.05) is 17.6 Å². The normalized spacial score (nSPS) is 17.4. The topological polar surface area (TPSA) is 58.4 Å². The van der Waals surface area contributed by atoms with Gasteiger partial charge in [-0.3, -0.25) is 4.79 Å². The molecule has 5 heteroatoms. The van der Waals surface area contributed by atoms with Gasteiger partial charge in [-0.2, -0.15) is 0 Å². The molecular formula is C15H22ClN3O. The molecule has 1 aromatic rings. The molecule has 1 saturated carbocycles. The zero-order chi connectivity index (χ0) is 14.8. The van der Waals surface area contributed by atoms with Crippen molar-refractivity contribution in [1.29, 1.82) is 0 Å². The number of nitrogens with two attached hydrogens (primary N) is 1. The van der Waals surface area contributed by atoms with Gasteiger partial charge < -0.3 is 16.0 Å². The molecule has 1 amide bonds. The summed E-state index contributed by atoms with van der Waals surface area (Å²) in [5.74, 6) is -0.0972. The first-order chi connectivity index (χ1) is 9.44. The zero-order valence-electron chi connectivity index (χ0n) is 12.1. The number of halogens is 1. The molecule has 0 atom stereocenters. The monoisotopic (exact) mass is 295 g/mol. The summed E-state index contributed by atoms with van der Waals surface area (Å²) in [6.45, 7) is 0.667. The molecule has 0 aliphatic heterocycles. The fourth-order valence-corrected chi connectivity index (χ4v) is 3.01. The van der Waals surface area contributed by atoms with Crippen molar-refractivity contribution < 1.29 is 4.79 Å². The number of likely N-dealkylation sites (N-methyl/N-ethyl adjacent to an activating group) is 1. The lowest BCUT2D eigenvalue weighted by Gasteiger charge is -2.36. The number of benzene rings is 1. The highest BCUT2D eigenvalue weighted by atomic mass is 35.5. The van der Waals surface area contributed by atoms with Gasteiger partial charge in [-0.05, 0) is 45.1 Å². The van der Waals surface area contributed by atoms with Gasteiger partial charge in [0.2, 0.25) is 0 Å². The van der Waals surface area contributed by atoms with Crippen molar-refractivity contribution in [3.63, 3.8) is 0 Å². The second kappa shape index (κ2) is 6.02. The molecule has 110 valence electrons. The average Bonchev–Trinajstić information content (AvgIpc) is 2.89. The second-order valence-electron chi connectivity index (χ2n) is 5.74. The lowest BCUT2D eigenvalue weighted by Crippen LogP contribution is -2.50. The molecule has 20 heavy (non-hydrogen) atoms. The number of carbonyl (C=O) groups is 1. The molecule has 0 unspecified atom stereocenters. The highest BCUT2D eigenvalue weighted by Gasteiger charge is 2.36. The molecule has 3 N–H and O–H groups in total. The smallest absolute Gasteiger partial charge is 0.251 e. The molecule has 0 heterocycles. The van der Waals surface area contributed by atoms with E-state index in [0.717, 1.165) is 12.8 Å². The first-order valence-electron chi connectivity index (χ1n) is 6.95. The number of carbonyl (C=O) groups excluding carboxylic acids is 1. The van der Waals surface area contributed by atoms with Crippen LogP contribution >= 0.6 is 11.6 Å². The molecule has 0 spiro atoms. The van der Waals surface area contributed by atoms with Crippen LogP contribution in [0.3, 0.4) is 0 Å². The molecule has 1 aromatic carbocycles. The Hall–Kier alpha value is -1.26. The van der Waals surface area contributed by atoms with Crippen LogP contribution in [0.1, 0.15) is 36.0 Å². The summed E-state index contributed by atoms with van der Waals surface area (Å²) in [5.41, 5.74) is 6.78. The Morgan fingerprint density at radius 3 is 2.60 bits per heavy atom. The number of nitrogen functional groups attached to an aromatic ring is 1. The summed E-state index contributed by atoms with van der Waals surface area (Å²) in [4.78, 5) is 14.4. The predicted octanol–water partition coefficient (Wildman–Crippen LogP) is 2.53. The fraction of sp³-hybridized carbons (Fsp3) is 0.533. The third-order valence-electron chi connectivity index (χ3n) is 4.32. The van der Waals surface area contributed by atoms with E-state index in [1.54, 1.807) is 18.2 Å². The Kier molecular flexibility index (Phi) is 4.55. The molecule has 0 bridgehead atoms. The Labute approximate surface area is 125 Å². The van der Waals surface area contributed by atoms with E-state index in [4.69, 9.17) is 17.3 Å². The maximum absolute atomic E-state index is 12.2. The van der Waals surface area contributed by atoms with Gasteiger partial charge in [-0.1, -0.05) is 24.4 Å². The summed E-state index contributed by atoms with van der Waals surface area (Å²) in [7, 11) is 4.16. The number of anilines is 1. The van der Waals surface area contributed by atoms with Crippen LogP contribution in [0.15, 0.2) is 18.2 Å². The molecule has 1 aliphatic rings. The quantitative estimate of drug-likeness (QED) is 0.839. The summed E-state index contributed by atoms with van der Waals surface area (Å²) in [6.07, 6.45) is 4.70. The van der Waals surface area contributed by atoms with Crippen molar-refractivity contribution in [3.8, 4) is 0 Å². The summed E-state index contributed by atoms with van der Waals surface area (Å²) < 4.78 is 0. The van der Waals surface area contributed by atoms with Crippen LogP contribution in [0.25, 0.3) is 0 Å². The van der Waals surface area contributed by atoms with E-state index in [-0.39, 0.29) is 11.4 Å². The van der Waals surface area contributed by atoms with Crippen LogP contribution in [0.2, 0.25) is 5.02 Å². The number of rotatable bonds is 4. The fourth-order valence-electron chi connectivity index (χ4n) is 2.83. The van der Waals surface area contributed by atoms with Crippen molar-refractivity contribution in [2.24, 2.45) is 0 Å². The number of hydrogen-bond donors (Lipinski definition) is 2. The minimum absolute atomic E-state index is 0.0905. The van der Waals surface area contributed by atoms with Crippen LogP contribution in [-0.4, -0.2) is 37.0 Å². The lowest BCUT2D eigenvalue weighted by atomic mass is 9.96. The van der Waals surface area contributed by atoms with Gasteiger partial charge >= 0.3 is 0 Å². The van der Waals surface area contributed by atoms with Crippen molar-refractivity contribution in [2.75, 3.05) is 26.4 Å². The zero-order valence-corrected chi connectivity index (χ0v) is 12.8. The third kappa shape index (κ3) is 3.07. The van der Waals surface area contributed by atoms with Crippen LogP contribution in [0.5, 0.6) is 0 Å². The first kappa shape index (κ1) is 15.1. The lowest BCUT2D eigenvalue weighted by molar-refractivity contribution is 0.0900. The van der Waals surface area contributed by atoms with Gasteiger partial charge in [0.1, 0.15) is 0 Å². The minimum atomic E-state index is -0.0972. The van der Waals surface area contributed by atoms with E-state index in [9.17, 15) is 4.79 Å². The van der Waals surface area contributed by atoms with Crippen molar-refractivity contribution in [3.05, 3.63) is 28.8 Å². The average molecular weight is 296 g/mol. The van der Waals surface area contributed by atoms with E-state index >= 15 is 0 Å². The Balaban J connectivity index is 2.02. The van der Waals surface area contributed by atoms with E-state index in [1.807, 2.05) is 0 Å². The van der Waals surface area contributed by atoms with Gasteiger partial charge in [0.15, 0.2) is 0 Å². The van der Waals surface area contributed by atoms with E-state index in [0.29, 0.717) is 22.8 Å². The maximum atomic E-state index is 12.2. The first-order valence-corrected chi connectivity index (χ1v) is 7.33. The number of nitrogens with zero attached hydrogens (tertiary/aromatic N) is 1. The molecule has 1 fully saturated rings. The third-order valence-corrected chi connectivity index (χ3v) is 4.65. The second-order valence-corrected chi connectivity index (χ2v) is 6.15. The predicted molar refractivity (Wildman–Crippen MR) is 83.1 cm³/mol. The molecular weight excluding hydrogens is 274 g/mol. The highest BCUT2D eigenvalue weighted by Crippen LogP contribution is 2.33. The summed E-state index contributed by atoms with van der Waals surface area (Å²) in [6, 6.07) is 4.98. The van der Waals surface area contributed by atoms with Crippen molar-refractivity contribution in [2.45, 2.75) is 31.2 Å². The van der Waals surface area contributed by atoms with Crippen LogP contribution < -0.4 is 11.1 Å². The Morgan fingerprint density at radius 2 is 2.05 bits per heavy atom. The van der Waals surface area contributed by atoms with Gasteiger partial charge in [0.25, 0.3) is 5.91 Å². The van der Waals surface area contributed by atoms with Crippen LogP contribution in [0.4, 0.5) is 5.69 Å². The van der Waals surface area contributed by atoms with Gasteiger partial charge in [-0.25, -0.2) is 0 Å².